The summed E-state index contributed by atoms with van der Waals surface area (Å²) >= 11 is 0. The zero-order valence-electron chi connectivity index (χ0n) is 10.9. The highest BCUT2D eigenvalue weighted by molar-refractivity contribution is 5.92. The van der Waals surface area contributed by atoms with Crippen molar-refractivity contribution >= 4 is 5.91 Å². The number of carbonyl (C=O) groups is 1. The van der Waals surface area contributed by atoms with Crippen molar-refractivity contribution in [2.24, 2.45) is 12.8 Å². The zero-order valence-corrected chi connectivity index (χ0v) is 10.9. The summed E-state index contributed by atoms with van der Waals surface area (Å²) < 4.78 is 1.66. The normalized spacial score (nSPS) is 17.8. The van der Waals surface area contributed by atoms with Crippen LogP contribution in [0.25, 0.3) is 0 Å². The van der Waals surface area contributed by atoms with Crippen molar-refractivity contribution in [3.63, 3.8) is 0 Å². The van der Waals surface area contributed by atoms with Crippen molar-refractivity contribution in [1.82, 2.24) is 19.6 Å². The molecule has 100 valence electrons. The van der Waals surface area contributed by atoms with Crippen molar-refractivity contribution in [3.8, 4) is 0 Å². The molecule has 1 aliphatic heterocycles. The summed E-state index contributed by atoms with van der Waals surface area (Å²) in [6.45, 7) is 5.06. The highest BCUT2D eigenvalue weighted by Gasteiger charge is 2.21. The lowest BCUT2D eigenvalue weighted by molar-refractivity contribution is 0.0755. The van der Waals surface area contributed by atoms with Gasteiger partial charge in [-0.25, -0.2) is 0 Å². The maximum atomic E-state index is 12.2. The van der Waals surface area contributed by atoms with Crippen LogP contribution in [0.5, 0.6) is 0 Å². The second-order valence-corrected chi connectivity index (χ2v) is 4.65. The molecule has 0 spiro atoms. The molecule has 0 bridgehead atoms. The number of nitrogens with two attached hydrogens (primary N) is 1. The van der Waals surface area contributed by atoms with E-state index in [0.717, 1.165) is 39.1 Å². The Balaban J connectivity index is 1.95. The molecular formula is C12H21N5O. The van der Waals surface area contributed by atoms with Crippen molar-refractivity contribution in [2.75, 3.05) is 39.3 Å². The van der Waals surface area contributed by atoms with Gasteiger partial charge in [-0.15, -0.1) is 0 Å². The van der Waals surface area contributed by atoms with Gasteiger partial charge in [-0.3, -0.25) is 9.48 Å². The van der Waals surface area contributed by atoms with Crippen LogP contribution >= 0.6 is 0 Å². The van der Waals surface area contributed by atoms with Gasteiger partial charge in [0.15, 0.2) is 0 Å². The first-order valence-electron chi connectivity index (χ1n) is 6.42. The van der Waals surface area contributed by atoms with Crippen LogP contribution in [0, 0.1) is 0 Å². The summed E-state index contributed by atoms with van der Waals surface area (Å²) in [6, 6.07) is 1.77. The van der Waals surface area contributed by atoms with E-state index in [2.05, 4.69) is 10.00 Å². The first kappa shape index (κ1) is 13.0. The van der Waals surface area contributed by atoms with E-state index in [-0.39, 0.29) is 5.91 Å². The number of carbonyl (C=O) groups excluding carboxylic acids is 1. The summed E-state index contributed by atoms with van der Waals surface area (Å²) in [4.78, 5) is 16.4. The molecule has 1 fully saturated rings. The number of hydrogen-bond acceptors (Lipinski definition) is 4. The molecule has 2 rings (SSSR count). The maximum absolute atomic E-state index is 12.2. The van der Waals surface area contributed by atoms with Crippen LogP contribution in [0.4, 0.5) is 0 Å². The zero-order chi connectivity index (χ0) is 13.0. The predicted octanol–water partition coefficient (Wildman–Crippen LogP) is -0.473. The molecule has 0 aliphatic carbocycles. The SMILES string of the molecule is Cn1ccc(C(=O)N2CCCN(CCN)CC2)n1. The van der Waals surface area contributed by atoms with Gasteiger partial charge in [0, 0.05) is 46.0 Å². The van der Waals surface area contributed by atoms with E-state index in [1.165, 1.54) is 0 Å². The molecule has 1 saturated heterocycles. The maximum Gasteiger partial charge on any atom is 0.274 e. The van der Waals surface area contributed by atoms with Gasteiger partial charge in [-0.1, -0.05) is 0 Å². The largest absolute Gasteiger partial charge is 0.336 e. The van der Waals surface area contributed by atoms with Gasteiger partial charge in [0.25, 0.3) is 5.91 Å². The molecule has 18 heavy (non-hydrogen) atoms. The molecule has 1 aliphatic rings. The van der Waals surface area contributed by atoms with E-state index in [0.29, 0.717) is 12.2 Å². The summed E-state index contributed by atoms with van der Waals surface area (Å²) in [5, 5.41) is 4.16. The summed E-state index contributed by atoms with van der Waals surface area (Å²) in [7, 11) is 1.82. The Morgan fingerprint density at radius 1 is 1.39 bits per heavy atom. The van der Waals surface area contributed by atoms with E-state index in [9.17, 15) is 4.79 Å². The average molecular weight is 251 g/mol. The molecule has 0 unspecified atom stereocenters. The molecule has 1 amide bonds. The first-order valence-corrected chi connectivity index (χ1v) is 6.42. The average Bonchev–Trinajstić information content (AvgIpc) is 2.65. The van der Waals surface area contributed by atoms with E-state index >= 15 is 0 Å². The van der Waals surface area contributed by atoms with E-state index in [1.807, 2.05) is 11.9 Å². The fourth-order valence-corrected chi connectivity index (χ4v) is 2.27. The fourth-order valence-electron chi connectivity index (χ4n) is 2.27. The first-order chi connectivity index (χ1) is 8.70. The minimum absolute atomic E-state index is 0.0326. The van der Waals surface area contributed by atoms with E-state index in [4.69, 9.17) is 5.73 Å². The molecular weight excluding hydrogens is 230 g/mol. The van der Waals surface area contributed by atoms with Gasteiger partial charge < -0.3 is 15.5 Å². The Labute approximate surface area is 107 Å². The monoisotopic (exact) mass is 251 g/mol. The van der Waals surface area contributed by atoms with Crippen LogP contribution in [0.15, 0.2) is 12.3 Å². The third-order valence-electron chi connectivity index (χ3n) is 3.25. The van der Waals surface area contributed by atoms with Gasteiger partial charge in [-0.05, 0) is 19.0 Å². The highest BCUT2D eigenvalue weighted by atomic mass is 16.2. The van der Waals surface area contributed by atoms with Crippen molar-refractivity contribution in [1.29, 1.82) is 0 Å². The highest BCUT2D eigenvalue weighted by Crippen LogP contribution is 2.07. The number of aryl methyl sites for hydroxylation is 1. The molecule has 6 heteroatoms. The fraction of sp³-hybridized carbons (Fsp3) is 0.667. The minimum atomic E-state index is 0.0326. The molecule has 0 saturated carbocycles. The second kappa shape index (κ2) is 5.97. The lowest BCUT2D eigenvalue weighted by Crippen LogP contribution is -2.36. The third kappa shape index (κ3) is 3.08. The van der Waals surface area contributed by atoms with Crippen LogP contribution in [0.1, 0.15) is 16.9 Å². The quantitative estimate of drug-likeness (QED) is 0.788. The Bertz CT molecular complexity index is 403. The number of hydrogen-bond donors (Lipinski definition) is 1. The van der Waals surface area contributed by atoms with Crippen LogP contribution in [-0.4, -0.2) is 64.8 Å². The van der Waals surface area contributed by atoms with Crippen LogP contribution < -0.4 is 5.73 Å². The molecule has 0 aromatic carbocycles. The minimum Gasteiger partial charge on any atom is -0.336 e. The lowest BCUT2D eigenvalue weighted by Gasteiger charge is -2.20. The topological polar surface area (TPSA) is 67.4 Å². The predicted molar refractivity (Wildman–Crippen MR) is 69.2 cm³/mol. The van der Waals surface area contributed by atoms with Crippen molar-refractivity contribution in [2.45, 2.75) is 6.42 Å². The standard InChI is InChI=1S/C12H21N5O/c1-15-7-3-11(14-15)12(18)17-6-2-5-16(8-4-13)9-10-17/h3,7H,2,4-6,8-10,13H2,1H3. The van der Waals surface area contributed by atoms with Gasteiger partial charge in [0.1, 0.15) is 5.69 Å². The molecule has 0 atom stereocenters. The Kier molecular flexibility index (Phi) is 4.33. The molecule has 1 aromatic rings. The number of rotatable bonds is 3. The molecule has 2 heterocycles. The van der Waals surface area contributed by atoms with Gasteiger partial charge in [-0.2, -0.15) is 5.10 Å². The van der Waals surface area contributed by atoms with Crippen molar-refractivity contribution in [3.05, 3.63) is 18.0 Å². The lowest BCUT2D eigenvalue weighted by atomic mass is 10.3. The molecule has 6 nitrogen and oxygen atoms in total. The smallest absolute Gasteiger partial charge is 0.274 e. The number of aromatic nitrogens is 2. The summed E-state index contributed by atoms with van der Waals surface area (Å²) in [5.74, 6) is 0.0326. The molecule has 2 N–H and O–H groups in total. The third-order valence-corrected chi connectivity index (χ3v) is 3.25. The van der Waals surface area contributed by atoms with Crippen LogP contribution in [-0.2, 0) is 7.05 Å². The van der Waals surface area contributed by atoms with Gasteiger partial charge >= 0.3 is 0 Å². The van der Waals surface area contributed by atoms with Gasteiger partial charge in [0.2, 0.25) is 0 Å². The van der Waals surface area contributed by atoms with Crippen LogP contribution in [0.2, 0.25) is 0 Å². The number of nitrogens with zero attached hydrogens (tertiary/aromatic N) is 4. The van der Waals surface area contributed by atoms with Gasteiger partial charge in [0.05, 0.1) is 0 Å². The second-order valence-electron chi connectivity index (χ2n) is 4.65. The Hall–Kier alpha value is -1.40. The van der Waals surface area contributed by atoms with E-state index in [1.54, 1.807) is 16.9 Å². The molecule has 1 aromatic heterocycles. The van der Waals surface area contributed by atoms with Crippen molar-refractivity contribution < 1.29 is 4.79 Å². The summed E-state index contributed by atoms with van der Waals surface area (Å²) in [5.41, 5.74) is 6.10. The Morgan fingerprint density at radius 3 is 2.89 bits per heavy atom. The molecule has 0 radical (unpaired) electrons. The van der Waals surface area contributed by atoms with E-state index < -0.39 is 0 Å². The van der Waals surface area contributed by atoms with Crippen LogP contribution in [0.3, 0.4) is 0 Å². The summed E-state index contributed by atoms with van der Waals surface area (Å²) in [6.07, 6.45) is 2.80. The number of amides is 1. The Morgan fingerprint density at radius 2 is 2.22 bits per heavy atom.